The summed E-state index contributed by atoms with van der Waals surface area (Å²) < 4.78 is 19.3. The number of rotatable bonds is 3. The van der Waals surface area contributed by atoms with Crippen molar-refractivity contribution in [2.75, 3.05) is 37.7 Å². The van der Waals surface area contributed by atoms with Crippen molar-refractivity contribution in [1.29, 1.82) is 0 Å². The zero-order chi connectivity index (χ0) is 16.4. The van der Waals surface area contributed by atoms with Gasteiger partial charge in [0, 0.05) is 31.1 Å². The van der Waals surface area contributed by atoms with Gasteiger partial charge < -0.3 is 9.64 Å². The first kappa shape index (κ1) is 15.9. The van der Waals surface area contributed by atoms with Crippen LogP contribution >= 0.6 is 11.3 Å². The van der Waals surface area contributed by atoms with Crippen LogP contribution in [0.2, 0.25) is 0 Å². The van der Waals surface area contributed by atoms with E-state index in [2.05, 4.69) is 37.3 Å². The van der Waals surface area contributed by atoms with Crippen molar-refractivity contribution in [2.24, 2.45) is 0 Å². The van der Waals surface area contributed by atoms with Gasteiger partial charge in [-0.1, -0.05) is 6.07 Å². The lowest BCUT2D eigenvalue weighted by Crippen LogP contribution is -2.59. The molecule has 0 radical (unpaired) electrons. The first-order chi connectivity index (χ1) is 11.7. The highest BCUT2D eigenvalue weighted by Gasteiger charge is 2.41. The van der Waals surface area contributed by atoms with Gasteiger partial charge in [-0.2, -0.15) is 0 Å². The van der Waals surface area contributed by atoms with Crippen LogP contribution in [-0.2, 0) is 11.3 Å². The van der Waals surface area contributed by atoms with Crippen LogP contribution in [0.3, 0.4) is 0 Å². The molecule has 0 aliphatic carbocycles. The van der Waals surface area contributed by atoms with Gasteiger partial charge in [0.1, 0.15) is 0 Å². The van der Waals surface area contributed by atoms with E-state index in [-0.39, 0.29) is 5.60 Å². The van der Waals surface area contributed by atoms with E-state index in [0.29, 0.717) is 5.95 Å². The van der Waals surface area contributed by atoms with Crippen LogP contribution in [0.4, 0.5) is 10.3 Å². The molecule has 0 aromatic carbocycles. The highest BCUT2D eigenvalue weighted by atomic mass is 32.1. The molecule has 0 unspecified atom stereocenters. The maximum absolute atomic E-state index is 13.1. The highest BCUT2D eigenvalue weighted by molar-refractivity contribution is 7.09. The summed E-state index contributed by atoms with van der Waals surface area (Å²) in [7, 11) is 0. The molecule has 2 saturated heterocycles. The molecular formula is C17H21FN4OS. The Balaban J connectivity index is 1.46. The molecule has 128 valence electrons. The fourth-order valence-corrected chi connectivity index (χ4v) is 4.41. The lowest BCUT2D eigenvalue weighted by atomic mass is 9.91. The third-order valence-electron chi connectivity index (χ3n) is 4.72. The normalized spacial score (nSPS) is 25.3. The number of aromatic nitrogens is 2. The van der Waals surface area contributed by atoms with Gasteiger partial charge >= 0.3 is 0 Å². The molecule has 2 aliphatic rings. The van der Waals surface area contributed by atoms with Crippen LogP contribution in [-0.4, -0.2) is 53.3 Å². The summed E-state index contributed by atoms with van der Waals surface area (Å²) in [5.41, 5.74) is -0.175. The number of anilines is 1. The molecule has 4 heterocycles. The lowest BCUT2D eigenvalue weighted by molar-refractivity contribution is -0.116. The smallest absolute Gasteiger partial charge is 0.225 e. The van der Waals surface area contributed by atoms with Crippen LogP contribution in [0.1, 0.15) is 17.7 Å². The summed E-state index contributed by atoms with van der Waals surface area (Å²) in [6, 6.07) is 4.29. The molecule has 7 heteroatoms. The molecule has 0 bridgehead atoms. The summed E-state index contributed by atoms with van der Waals surface area (Å²) in [6.07, 6.45) is 4.54. The summed E-state index contributed by atoms with van der Waals surface area (Å²) in [5, 5.41) is 2.12. The predicted molar refractivity (Wildman–Crippen MR) is 91.7 cm³/mol. The van der Waals surface area contributed by atoms with Gasteiger partial charge in [-0.15, -0.1) is 11.3 Å². The minimum absolute atomic E-state index is 0.175. The largest absolute Gasteiger partial charge is 0.370 e. The van der Waals surface area contributed by atoms with Crippen molar-refractivity contribution >= 4 is 17.3 Å². The Kier molecular flexibility index (Phi) is 4.47. The van der Waals surface area contributed by atoms with Gasteiger partial charge in [0.25, 0.3) is 0 Å². The van der Waals surface area contributed by atoms with Gasteiger partial charge in [-0.25, -0.2) is 14.4 Å². The summed E-state index contributed by atoms with van der Waals surface area (Å²) in [6.45, 7) is 5.27. The molecule has 1 spiro atoms. The van der Waals surface area contributed by atoms with E-state index < -0.39 is 5.82 Å². The van der Waals surface area contributed by atoms with Crippen LogP contribution in [0, 0.1) is 5.82 Å². The van der Waals surface area contributed by atoms with Crippen LogP contribution in [0.5, 0.6) is 0 Å². The molecule has 2 aromatic heterocycles. The first-order valence-electron chi connectivity index (χ1n) is 8.34. The maximum Gasteiger partial charge on any atom is 0.225 e. The van der Waals surface area contributed by atoms with Gasteiger partial charge in [0.05, 0.1) is 31.1 Å². The number of hydrogen-bond acceptors (Lipinski definition) is 6. The lowest BCUT2D eigenvalue weighted by Gasteiger charge is -2.48. The molecule has 1 atom stereocenters. The standard InChI is InChI=1S/C17H21FN4OS/c18-14-9-19-16(20-10-14)22-5-2-4-17(13-22)12-21(6-7-23-17)11-15-3-1-8-24-15/h1,3,8-10H,2,4-7,11-13H2/t17-/m1/s1. The Morgan fingerprint density at radius 1 is 1.25 bits per heavy atom. The molecule has 2 fully saturated rings. The van der Waals surface area contributed by atoms with Crippen LogP contribution in [0.15, 0.2) is 29.9 Å². The number of ether oxygens (including phenoxy) is 1. The highest BCUT2D eigenvalue weighted by Crippen LogP contribution is 2.31. The topological polar surface area (TPSA) is 41.5 Å². The summed E-state index contributed by atoms with van der Waals surface area (Å²) >= 11 is 1.80. The quantitative estimate of drug-likeness (QED) is 0.853. The second-order valence-corrected chi connectivity index (χ2v) is 7.58. The predicted octanol–water partition coefficient (Wildman–Crippen LogP) is 2.55. The molecule has 2 aromatic rings. The Bertz CT molecular complexity index is 662. The Hall–Kier alpha value is -1.57. The Morgan fingerprint density at radius 2 is 2.12 bits per heavy atom. The second kappa shape index (κ2) is 6.74. The minimum Gasteiger partial charge on any atom is -0.370 e. The van der Waals surface area contributed by atoms with Gasteiger partial charge in [0.15, 0.2) is 5.82 Å². The molecule has 2 aliphatic heterocycles. The van der Waals surface area contributed by atoms with Crippen molar-refractivity contribution in [2.45, 2.75) is 25.0 Å². The fourth-order valence-electron chi connectivity index (χ4n) is 3.67. The average Bonchev–Trinajstić information content (AvgIpc) is 3.09. The van der Waals surface area contributed by atoms with Crippen molar-refractivity contribution in [3.05, 3.63) is 40.6 Å². The van der Waals surface area contributed by atoms with E-state index >= 15 is 0 Å². The zero-order valence-corrected chi connectivity index (χ0v) is 14.3. The van der Waals surface area contributed by atoms with E-state index in [9.17, 15) is 4.39 Å². The van der Waals surface area contributed by atoms with E-state index in [1.807, 2.05) is 0 Å². The molecule has 4 rings (SSSR count). The fraction of sp³-hybridized carbons (Fsp3) is 0.529. The molecule has 5 nitrogen and oxygen atoms in total. The van der Waals surface area contributed by atoms with E-state index in [0.717, 1.165) is 52.2 Å². The first-order valence-corrected chi connectivity index (χ1v) is 9.22. The Labute approximate surface area is 145 Å². The third kappa shape index (κ3) is 3.43. The maximum atomic E-state index is 13.1. The van der Waals surface area contributed by atoms with E-state index in [1.54, 1.807) is 11.3 Å². The monoisotopic (exact) mass is 348 g/mol. The number of piperidine rings is 1. The molecule has 0 amide bonds. The summed E-state index contributed by atoms with van der Waals surface area (Å²) in [5.74, 6) is 0.191. The molecular weight excluding hydrogens is 327 g/mol. The third-order valence-corrected chi connectivity index (χ3v) is 5.58. The average molecular weight is 348 g/mol. The number of halogens is 1. The second-order valence-electron chi connectivity index (χ2n) is 6.55. The van der Waals surface area contributed by atoms with Gasteiger partial charge in [-0.05, 0) is 24.3 Å². The number of hydrogen-bond donors (Lipinski definition) is 0. The van der Waals surface area contributed by atoms with Crippen LogP contribution in [0.25, 0.3) is 0 Å². The SMILES string of the molecule is Fc1cnc(N2CCC[C@@]3(CN(Cc4cccs4)CCO3)C2)nc1. The Morgan fingerprint density at radius 3 is 2.92 bits per heavy atom. The van der Waals surface area contributed by atoms with E-state index in [1.165, 1.54) is 17.3 Å². The molecule has 0 N–H and O–H groups in total. The number of morpholine rings is 1. The molecule has 24 heavy (non-hydrogen) atoms. The zero-order valence-electron chi connectivity index (χ0n) is 13.5. The van der Waals surface area contributed by atoms with Crippen molar-refractivity contribution in [3.63, 3.8) is 0 Å². The van der Waals surface area contributed by atoms with Gasteiger partial charge in [-0.3, -0.25) is 4.90 Å². The van der Waals surface area contributed by atoms with Crippen LogP contribution < -0.4 is 4.90 Å². The number of thiophene rings is 1. The van der Waals surface area contributed by atoms with Crippen molar-refractivity contribution < 1.29 is 9.13 Å². The van der Waals surface area contributed by atoms with Crippen molar-refractivity contribution in [3.8, 4) is 0 Å². The van der Waals surface area contributed by atoms with E-state index in [4.69, 9.17) is 4.74 Å². The molecule has 0 saturated carbocycles. The van der Waals surface area contributed by atoms with Crippen molar-refractivity contribution in [1.82, 2.24) is 14.9 Å². The number of nitrogens with zero attached hydrogens (tertiary/aromatic N) is 4. The minimum atomic E-state index is -0.401. The summed E-state index contributed by atoms with van der Waals surface area (Å²) in [4.78, 5) is 14.3. The van der Waals surface area contributed by atoms with Gasteiger partial charge in [0.2, 0.25) is 5.95 Å².